The van der Waals surface area contributed by atoms with E-state index in [0.29, 0.717) is 0 Å². The van der Waals surface area contributed by atoms with Crippen LogP contribution < -0.4 is 0 Å². The first-order chi connectivity index (χ1) is 6.34. The second-order valence-electron chi connectivity index (χ2n) is 3.58. The van der Waals surface area contributed by atoms with Gasteiger partial charge in [-0.25, -0.2) is 0 Å². The largest absolute Gasteiger partial charge is 0.339 e. The molecule has 2 heteroatoms. The zero-order chi connectivity index (χ0) is 9.52. The Morgan fingerprint density at radius 1 is 1.38 bits per heavy atom. The molecule has 1 aliphatic rings. The van der Waals surface area contributed by atoms with Gasteiger partial charge in [-0.3, -0.25) is 4.79 Å². The average molecular weight is 181 g/mol. The van der Waals surface area contributed by atoms with E-state index < -0.39 is 0 Å². The second kappa shape index (κ2) is 5.79. The number of nitrogens with zero attached hydrogens (tertiary/aromatic N) is 1. The molecule has 1 saturated heterocycles. The molecule has 74 valence electrons. The van der Waals surface area contributed by atoms with Crippen molar-refractivity contribution >= 4 is 5.91 Å². The Hall–Kier alpha value is -0.790. The lowest BCUT2D eigenvalue weighted by atomic mass is 10.2. The van der Waals surface area contributed by atoms with Gasteiger partial charge in [0, 0.05) is 13.1 Å². The minimum absolute atomic E-state index is 0.202. The van der Waals surface area contributed by atoms with Crippen LogP contribution in [0, 0.1) is 0 Å². The van der Waals surface area contributed by atoms with Gasteiger partial charge in [0.05, 0.1) is 0 Å². The maximum absolute atomic E-state index is 11.4. The van der Waals surface area contributed by atoms with Crippen LogP contribution in [0.15, 0.2) is 12.2 Å². The fourth-order valence-corrected chi connectivity index (χ4v) is 1.55. The molecule has 0 bridgehead atoms. The Kier molecular flexibility index (Phi) is 4.58. The van der Waals surface area contributed by atoms with E-state index in [0.717, 1.165) is 19.5 Å². The molecule has 1 aliphatic heterocycles. The van der Waals surface area contributed by atoms with Gasteiger partial charge in [-0.05, 0) is 25.3 Å². The molecule has 1 rings (SSSR count). The highest BCUT2D eigenvalue weighted by molar-refractivity contribution is 5.87. The van der Waals surface area contributed by atoms with Gasteiger partial charge in [0.15, 0.2) is 0 Å². The molecule has 2 nitrogen and oxygen atoms in total. The highest BCUT2D eigenvalue weighted by Crippen LogP contribution is 2.08. The number of unbranched alkanes of at least 4 members (excludes halogenated alkanes) is 2. The van der Waals surface area contributed by atoms with Crippen molar-refractivity contribution in [3.63, 3.8) is 0 Å². The van der Waals surface area contributed by atoms with Gasteiger partial charge >= 0.3 is 0 Å². The third-order valence-electron chi connectivity index (χ3n) is 2.40. The molecule has 0 aromatic carbocycles. The van der Waals surface area contributed by atoms with Crippen molar-refractivity contribution < 1.29 is 4.79 Å². The first-order valence-corrected chi connectivity index (χ1v) is 5.30. The molecule has 1 heterocycles. The van der Waals surface area contributed by atoms with Crippen LogP contribution in [-0.2, 0) is 4.79 Å². The summed E-state index contributed by atoms with van der Waals surface area (Å²) in [5.41, 5.74) is 0. The Labute approximate surface area is 80.6 Å². The number of amides is 1. The maximum atomic E-state index is 11.4. The van der Waals surface area contributed by atoms with Crippen LogP contribution in [0.3, 0.4) is 0 Å². The number of allylic oxidation sites excluding steroid dienone is 1. The highest BCUT2D eigenvalue weighted by atomic mass is 16.2. The van der Waals surface area contributed by atoms with Gasteiger partial charge in [0.2, 0.25) is 5.91 Å². The summed E-state index contributed by atoms with van der Waals surface area (Å²) in [6.07, 6.45) is 9.51. The van der Waals surface area contributed by atoms with E-state index in [9.17, 15) is 4.79 Å². The van der Waals surface area contributed by atoms with E-state index in [1.165, 1.54) is 25.7 Å². The third-order valence-corrected chi connectivity index (χ3v) is 2.40. The average Bonchev–Trinajstić information content (AvgIpc) is 2.65. The zero-order valence-electron chi connectivity index (χ0n) is 8.46. The monoisotopic (exact) mass is 181 g/mol. The standard InChI is InChI=1S/C11H19NO/c1-2-3-4-5-8-11(13)12-9-6-7-10-12/h5,8H,2-4,6-7,9-10H2,1H3/b8-5+. The normalized spacial score (nSPS) is 17.2. The van der Waals surface area contributed by atoms with Crippen molar-refractivity contribution in [3.8, 4) is 0 Å². The van der Waals surface area contributed by atoms with Gasteiger partial charge in [-0.2, -0.15) is 0 Å². The van der Waals surface area contributed by atoms with Crippen LogP contribution in [0.25, 0.3) is 0 Å². The molecule has 0 saturated carbocycles. The van der Waals surface area contributed by atoms with Crippen LogP contribution in [0.5, 0.6) is 0 Å². The molecule has 1 fully saturated rings. The van der Waals surface area contributed by atoms with Crippen LogP contribution in [0.2, 0.25) is 0 Å². The molecule has 0 atom stereocenters. The minimum atomic E-state index is 0.202. The number of carbonyl (C=O) groups is 1. The molecule has 0 aromatic heterocycles. The first-order valence-electron chi connectivity index (χ1n) is 5.30. The van der Waals surface area contributed by atoms with Crippen molar-refractivity contribution in [2.24, 2.45) is 0 Å². The highest BCUT2D eigenvalue weighted by Gasteiger charge is 2.14. The lowest BCUT2D eigenvalue weighted by Crippen LogP contribution is -2.25. The van der Waals surface area contributed by atoms with E-state index in [2.05, 4.69) is 6.92 Å². The summed E-state index contributed by atoms with van der Waals surface area (Å²) in [4.78, 5) is 13.4. The van der Waals surface area contributed by atoms with E-state index in [4.69, 9.17) is 0 Å². The van der Waals surface area contributed by atoms with Crippen LogP contribution in [0.1, 0.15) is 39.0 Å². The van der Waals surface area contributed by atoms with Crippen molar-refractivity contribution in [3.05, 3.63) is 12.2 Å². The fraction of sp³-hybridized carbons (Fsp3) is 0.727. The van der Waals surface area contributed by atoms with E-state index >= 15 is 0 Å². The Bertz CT molecular complexity index is 181. The molecular formula is C11H19NO. The predicted molar refractivity (Wildman–Crippen MR) is 54.5 cm³/mol. The second-order valence-corrected chi connectivity index (χ2v) is 3.58. The SMILES string of the molecule is CCCC/C=C/C(=O)N1CCCC1. The van der Waals surface area contributed by atoms with Gasteiger partial charge in [0.1, 0.15) is 0 Å². The quantitative estimate of drug-likeness (QED) is 0.481. The smallest absolute Gasteiger partial charge is 0.246 e. The summed E-state index contributed by atoms with van der Waals surface area (Å²) in [5.74, 6) is 0.202. The van der Waals surface area contributed by atoms with Gasteiger partial charge in [-0.1, -0.05) is 25.8 Å². The van der Waals surface area contributed by atoms with Crippen LogP contribution in [0.4, 0.5) is 0 Å². The molecule has 0 spiro atoms. The summed E-state index contributed by atoms with van der Waals surface area (Å²) < 4.78 is 0. The minimum Gasteiger partial charge on any atom is -0.339 e. The number of hydrogen-bond acceptors (Lipinski definition) is 1. The Balaban J connectivity index is 2.19. The first kappa shape index (κ1) is 10.3. The topological polar surface area (TPSA) is 20.3 Å². The molecule has 1 amide bonds. The molecule has 0 aliphatic carbocycles. The summed E-state index contributed by atoms with van der Waals surface area (Å²) in [6.45, 7) is 4.07. The van der Waals surface area contributed by atoms with Gasteiger partial charge in [-0.15, -0.1) is 0 Å². The number of rotatable bonds is 4. The lowest BCUT2D eigenvalue weighted by molar-refractivity contribution is -0.125. The van der Waals surface area contributed by atoms with Crippen molar-refractivity contribution in [2.75, 3.05) is 13.1 Å². The van der Waals surface area contributed by atoms with Crippen molar-refractivity contribution in [2.45, 2.75) is 39.0 Å². The fourth-order valence-electron chi connectivity index (χ4n) is 1.55. The molecule has 0 unspecified atom stereocenters. The van der Waals surface area contributed by atoms with Gasteiger partial charge < -0.3 is 4.90 Å². The molecule has 0 radical (unpaired) electrons. The number of hydrogen-bond donors (Lipinski definition) is 0. The summed E-state index contributed by atoms with van der Waals surface area (Å²) in [6, 6.07) is 0. The molecule has 0 aromatic rings. The number of carbonyl (C=O) groups excluding carboxylic acids is 1. The van der Waals surface area contributed by atoms with E-state index in [-0.39, 0.29) is 5.91 Å². The van der Waals surface area contributed by atoms with E-state index in [1.54, 1.807) is 6.08 Å². The maximum Gasteiger partial charge on any atom is 0.246 e. The van der Waals surface area contributed by atoms with Crippen LogP contribution >= 0.6 is 0 Å². The lowest BCUT2D eigenvalue weighted by Gasteiger charge is -2.11. The zero-order valence-corrected chi connectivity index (χ0v) is 8.46. The van der Waals surface area contributed by atoms with Crippen molar-refractivity contribution in [1.82, 2.24) is 4.90 Å². The summed E-state index contributed by atoms with van der Waals surface area (Å²) in [7, 11) is 0. The third kappa shape index (κ3) is 3.62. The Morgan fingerprint density at radius 2 is 2.08 bits per heavy atom. The van der Waals surface area contributed by atoms with Crippen LogP contribution in [-0.4, -0.2) is 23.9 Å². The van der Waals surface area contributed by atoms with Gasteiger partial charge in [0.25, 0.3) is 0 Å². The predicted octanol–water partition coefficient (Wildman–Crippen LogP) is 2.36. The Morgan fingerprint density at radius 3 is 2.69 bits per heavy atom. The molecular weight excluding hydrogens is 162 g/mol. The summed E-state index contributed by atoms with van der Waals surface area (Å²) >= 11 is 0. The molecule has 13 heavy (non-hydrogen) atoms. The van der Waals surface area contributed by atoms with Crippen molar-refractivity contribution in [1.29, 1.82) is 0 Å². The molecule has 0 N–H and O–H groups in total. The summed E-state index contributed by atoms with van der Waals surface area (Å²) in [5, 5.41) is 0. The number of likely N-dealkylation sites (tertiary alicyclic amines) is 1. The van der Waals surface area contributed by atoms with E-state index in [1.807, 2.05) is 11.0 Å².